The third kappa shape index (κ3) is 8.45. The number of nitrogens with zero attached hydrogens (tertiary/aromatic N) is 3. The van der Waals surface area contributed by atoms with Crippen molar-refractivity contribution in [3.63, 3.8) is 0 Å². The quantitative estimate of drug-likeness (QED) is 0.507. The summed E-state index contributed by atoms with van der Waals surface area (Å²) in [6.45, 7) is 5.09. The van der Waals surface area contributed by atoms with Crippen molar-refractivity contribution in [1.29, 1.82) is 0 Å². The van der Waals surface area contributed by atoms with E-state index >= 15 is 0 Å². The minimum atomic E-state index is -0.921. The van der Waals surface area contributed by atoms with Crippen LogP contribution < -0.4 is 10.6 Å². The summed E-state index contributed by atoms with van der Waals surface area (Å²) in [6.07, 6.45) is 5.01. The van der Waals surface area contributed by atoms with Crippen LogP contribution in [-0.2, 0) is 25.3 Å². The molecule has 1 aromatic heterocycles. The molecule has 0 bridgehead atoms. The predicted octanol–water partition coefficient (Wildman–Crippen LogP) is 0.881. The van der Waals surface area contributed by atoms with E-state index in [4.69, 9.17) is 9.31 Å². The first-order valence-electron chi connectivity index (χ1n) is 11.7. The van der Waals surface area contributed by atoms with Gasteiger partial charge in [-0.15, -0.1) is 0 Å². The molecular weight excluding hydrogens is 449 g/mol. The summed E-state index contributed by atoms with van der Waals surface area (Å²) in [5.41, 5.74) is 0.989. The van der Waals surface area contributed by atoms with Crippen molar-refractivity contribution in [3.05, 3.63) is 60.2 Å². The molecule has 186 valence electrons. The van der Waals surface area contributed by atoms with E-state index < -0.39 is 36.9 Å². The number of hydrogen-bond donors (Lipinski definition) is 2. The van der Waals surface area contributed by atoms with Gasteiger partial charge in [-0.05, 0) is 24.9 Å². The van der Waals surface area contributed by atoms with Crippen molar-refractivity contribution in [2.24, 2.45) is 5.92 Å². The molecule has 0 saturated carbocycles. The van der Waals surface area contributed by atoms with Gasteiger partial charge in [0.1, 0.15) is 11.7 Å². The summed E-state index contributed by atoms with van der Waals surface area (Å²) >= 11 is 0. The third-order valence-electron chi connectivity index (χ3n) is 5.48. The van der Waals surface area contributed by atoms with Crippen LogP contribution in [0, 0.1) is 5.92 Å². The largest absolute Gasteiger partial charge is 0.551 e. The standard InChI is InChI=1S/C24H32BN5O5/c1-17(2)13-21(25-34-12-11-30(3)16-22(31)35-25)29-23(32)19(14-18-7-5-4-6-8-18)28-24(33)20-15-26-9-10-27-20/h4-10,15,17,19,21H,11-14,16H2,1-3H3,(H,28,33)(H,29,32)/t19-,21-/m0/s1. The van der Waals surface area contributed by atoms with Gasteiger partial charge < -0.3 is 19.9 Å². The van der Waals surface area contributed by atoms with Crippen LogP contribution in [0.3, 0.4) is 0 Å². The Morgan fingerprint density at radius 1 is 1.17 bits per heavy atom. The predicted molar refractivity (Wildman–Crippen MR) is 130 cm³/mol. The number of carbonyl (C=O) groups excluding carboxylic acids is 3. The Balaban J connectivity index is 1.78. The molecule has 2 aromatic rings. The maximum Gasteiger partial charge on any atom is 0.551 e. The molecule has 1 aromatic carbocycles. The lowest BCUT2D eigenvalue weighted by molar-refractivity contribution is -0.138. The fourth-order valence-electron chi connectivity index (χ4n) is 3.76. The van der Waals surface area contributed by atoms with E-state index in [1.165, 1.54) is 18.6 Å². The zero-order valence-corrected chi connectivity index (χ0v) is 20.3. The average molecular weight is 481 g/mol. The molecule has 1 fully saturated rings. The van der Waals surface area contributed by atoms with Crippen molar-refractivity contribution in [3.8, 4) is 0 Å². The van der Waals surface area contributed by atoms with E-state index in [-0.39, 0.29) is 24.6 Å². The maximum absolute atomic E-state index is 13.5. The Morgan fingerprint density at radius 2 is 1.94 bits per heavy atom. The Labute approximate surface area is 205 Å². The van der Waals surface area contributed by atoms with Crippen LogP contribution in [0.15, 0.2) is 48.9 Å². The van der Waals surface area contributed by atoms with Gasteiger partial charge in [0, 0.05) is 32.0 Å². The van der Waals surface area contributed by atoms with E-state index in [2.05, 4.69) is 20.6 Å². The van der Waals surface area contributed by atoms with Gasteiger partial charge in [0.2, 0.25) is 5.91 Å². The molecule has 0 radical (unpaired) electrons. The summed E-state index contributed by atoms with van der Waals surface area (Å²) in [5.74, 6) is -1.72. The van der Waals surface area contributed by atoms with Crippen LogP contribution in [0.5, 0.6) is 0 Å². The molecule has 1 aliphatic rings. The highest BCUT2D eigenvalue weighted by Gasteiger charge is 2.38. The molecule has 2 N–H and O–H groups in total. The topological polar surface area (TPSA) is 123 Å². The van der Waals surface area contributed by atoms with Crippen molar-refractivity contribution in [1.82, 2.24) is 25.5 Å². The van der Waals surface area contributed by atoms with Crippen LogP contribution in [0.1, 0.15) is 36.3 Å². The fraction of sp³-hybridized carbons (Fsp3) is 0.458. The SMILES string of the molecule is CC(C)C[C@H](NC(=O)[C@H](Cc1ccccc1)NC(=O)c1cnccn1)B1OCCN(C)CC(=O)O1. The smallest absolute Gasteiger partial charge is 0.507 e. The highest BCUT2D eigenvalue weighted by atomic mass is 16.6. The molecule has 3 rings (SSSR count). The van der Waals surface area contributed by atoms with E-state index in [1.54, 1.807) is 0 Å². The Kier molecular flexibility index (Phi) is 9.74. The van der Waals surface area contributed by atoms with Crippen molar-refractivity contribution >= 4 is 24.9 Å². The molecule has 0 unspecified atom stereocenters. The molecule has 0 spiro atoms. The minimum Gasteiger partial charge on any atom is -0.507 e. The van der Waals surface area contributed by atoms with Crippen molar-refractivity contribution in [2.45, 2.75) is 38.7 Å². The first kappa shape index (κ1) is 26.3. The molecule has 35 heavy (non-hydrogen) atoms. The highest BCUT2D eigenvalue weighted by Crippen LogP contribution is 2.13. The normalized spacial score (nSPS) is 16.6. The molecule has 0 aliphatic carbocycles. The fourth-order valence-corrected chi connectivity index (χ4v) is 3.76. The second kappa shape index (κ2) is 13.0. The molecule has 11 heteroatoms. The zero-order valence-electron chi connectivity index (χ0n) is 20.3. The third-order valence-corrected chi connectivity index (χ3v) is 5.48. The number of carbonyl (C=O) groups is 3. The van der Waals surface area contributed by atoms with Crippen LogP contribution >= 0.6 is 0 Å². The van der Waals surface area contributed by atoms with E-state index in [1.807, 2.05) is 56.1 Å². The molecule has 2 heterocycles. The van der Waals surface area contributed by atoms with E-state index in [0.29, 0.717) is 19.6 Å². The van der Waals surface area contributed by atoms with Gasteiger partial charge in [-0.2, -0.15) is 0 Å². The first-order chi connectivity index (χ1) is 16.8. The number of aromatic nitrogens is 2. The second-order valence-electron chi connectivity index (χ2n) is 9.02. The van der Waals surface area contributed by atoms with Gasteiger partial charge in [-0.25, -0.2) is 4.98 Å². The number of hydrogen-bond acceptors (Lipinski definition) is 8. The number of benzene rings is 1. The number of nitrogens with one attached hydrogen (secondary N) is 2. The van der Waals surface area contributed by atoms with Gasteiger partial charge >= 0.3 is 13.1 Å². The van der Waals surface area contributed by atoms with Gasteiger partial charge in [0.05, 0.1) is 18.7 Å². The van der Waals surface area contributed by atoms with Crippen LogP contribution in [0.4, 0.5) is 0 Å². The molecule has 2 atom stereocenters. The maximum atomic E-state index is 13.5. The summed E-state index contributed by atoms with van der Waals surface area (Å²) in [5, 5.41) is 5.74. The molecular formula is C24H32BN5O5. The summed E-state index contributed by atoms with van der Waals surface area (Å²) in [6, 6.07) is 8.50. The number of rotatable bonds is 9. The summed E-state index contributed by atoms with van der Waals surface area (Å²) < 4.78 is 11.4. The molecule has 1 saturated heterocycles. The number of likely N-dealkylation sites (N-methyl/N-ethyl adjacent to an activating group) is 1. The minimum absolute atomic E-state index is 0.110. The first-order valence-corrected chi connectivity index (χ1v) is 11.7. The van der Waals surface area contributed by atoms with Gasteiger partial charge in [-0.1, -0.05) is 44.2 Å². The lowest BCUT2D eigenvalue weighted by Gasteiger charge is -2.30. The zero-order chi connectivity index (χ0) is 25.2. The lowest BCUT2D eigenvalue weighted by atomic mass is 9.73. The van der Waals surface area contributed by atoms with E-state index in [0.717, 1.165) is 5.56 Å². The monoisotopic (exact) mass is 481 g/mol. The van der Waals surface area contributed by atoms with Gasteiger partial charge in [0.15, 0.2) is 0 Å². The van der Waals surface area contributed by atoms with Gasteiger partial charge in [-0.3, -0.25) is 24.3 Å². The number of amides is 2. The Bertz CT molecular complexity index is 979. The molecule has 1 aliphatic heterocycles. The van der Waals surface area contributed by atoms with Crippen molar-refractivity contribution < 1.29 is 23.7 Å². The van der Waals surface area contributed by atoms with Crippen LogP contribution in [0.25, 0.3) is 0 Å². The summed E-state index contributed by atoms with van der Waals surface area (Å²) in [4.78, 5) is 48.3. The molecule has 10 nitrogen and oxygen atoms in total. The average Bonchev–Trinajstić information content (AvgIpc) is 2.82. The summed E-state index contributed by atoms with van der Waals surface area (Å²) in [7, 11) is 0.891. The Hall–Kier alpha value is -3.31. The van der Waals surface area contributed by atoms with Crippen LogP contribution in [0.2, 0.25) is 0 Å². The molecule has 2 amide bonds. The Morgan fingerprint density at radius 3 is 2.63 bits per heavy atom. The van der Waals surface area contributed by atoms with Crippen LogP contribution in [-0.4, -0.2) is 78.5 Å². The lowest BCUT2D eigenvalue weighted by Crippen LogP contribution is -2.57. The van der Waals surface area contributed by atoms with Gasteiger partial charge in [0.25, 0.3) is 5.91 Å². The van der Waals surface area contributed by atoms with E-state index in [9.17, 15) is 14.4 Å². The van der Waals surface area contributed by atoms with Crippen molar-refractivity contribution in [2.75, 3.05) is 26.7 Å². The highest BCUT2D eigenvalue weighted by molar-refractivity contribution is 6.49. The second-order valence-corrected chi connectivity index (χ2v) is 9.02.